The highest BCUT2D eigenvalue weighted by molar-refractivity contribution is 7.16. The van der Waals surface area contributed by atoms with E-state index in [1.54, 1.807) is 5.51 Å². The number of anilines is 3. The predicted octanol–water partition coefficient (Wildman–Crippen LogP) is 2.43. The van der Waals surface area contributed by atoms with Crippen molar-refractivity contribution in [3.05, 3.63) is 29.3 Å². The van der Waals surface area contributed by atoms with Crippen molar-refractivity contribution < 1.29 is 14.3 Å². The van der Waals surface area contributed by atoms with Gasteiger partial charge in [-0.2, -0.15) is 4.98 Å². The van der Waals surface area contributed by atoms with Crippen molar-refractivity contribution in [1.29, 1.82) is 0 Å². The van der Waals surface area contributed by atoms with Gasteiger partial charge in [-0.25, -0.2) is 14.8 Å². The van der Waals surface area contributed by atoms with Crippen LogP contribution >= 0.6 is 11.3 Å². The average Bonchev–Trinajstić information content (AvgIpc) is 3.34. The number of urea groups is 1. The third-order valence-corrected chi connectivity index (χ3v) is 7.32. The van der Waals surface area contributed by atoms with Crippen LogP contribution in [0.5, 0.6) is 5.75 Å². The number of thiazole rings is 1. The third kappa shape index (κ3) is 5.45. The maximum absolute atomic E-state index is 13.1. The van der Waals surface area contributed by atoms with Crippen LogP contribution in [0.15, 0.2) is 23.7 Å². The van der Waals surface area contributed by atoms with Gasteiger partial charge in [-0.3, -0.25) is 4.90 Å². The topological polar surface area (TPSA) is 122 Å². The monoisotopic (exact) mass is 512 g/mol. The molecular weight excluding hydrogens is 480 g/mol. The summed E-state index contributed by atoms with van der Waals surface area (Å²) in [4.78, 5) is 33.3. The number of benzene rings is 1. The number of nitrogens with two attached hydrogens (primary N) is 1. The largest absolute Gasteiger partial charge is 0.492 e. The van der Waals surface area contributed by atoms with Crippen molar-refractivity contribution >= 4 is 45.2 Å². The molecule has 36 heavy (non-hydrogen) atoms. The van der Waals surface area contributed by atoms with Crippen LogP contribution in [-0.4, -0.2) is 95.9 Å². The zero-order chi connectivity index (χ0) is 25.1. The van der Waals surface area contributed by atoms with Gasteiger partial charge in [-0.1, -0.05) is 0 Å². The Morgan fingerprint density at radius 2 is 2.08 bits per heavy atom. The van der Waals surface area contributed by atoms with E-state index in [1.165, 1.54) is 11.3 Å². The Labute approximate surface area is 214 Å². The Hall–Kier alpha value is -3.22. The summed E-state index contributed by atoms with van der Waals surface area (Å²) in [5.41, 5.74) is 10.2. The van der Waals surface area contributed by atoms with Gasteiger partial charge >= 0.3 is 6.03 Å². The summed E-state index contributed by atoms with van der Waals surface area (Å²) >= 11 is 1.44. The molecule has 0 saturated carbocycles. The number of rotatable bonds is 6. The van der Waals surface area contributed by atoms with Gasteiger partial charge in [0.15, 0.2) is 10.6 Å². The molecule has 2 aliphatic rings. The zero-order valence-electron chi connectivity index (χ0n) is 20.6. The molecule has 0 bridgehead atoms. The Kier molecular flexibility index (Phi) is 7.35. The number of aryl methyl sites for hydroxylation is 1. The number of nitrogens with zero attached hydrogens (tertiary/aromatic N) is 6. The normalized spacial score (nSPS) is 19.0. The van der Waals surface area contributed by atoms with Gasteiger partial charge in [-0.15, -0.1) is 11.3 Å². The number of aromatic nitrogens is 3. The molecule has 2 fully saturated rings. The SMILES string of the molecule is Cc1cc(OCCN2CCOCC2)ccc1NC(=O)N1CCN(c2nc(N)nc3scnc23)[C@@H](C)C1. The lowest BCUT2D eigenvalue weighted by Crippen LogP contribution is -2.55. The highest BCUT2D eigenvalue weighted by atomic mass is 32.1. The summed E-state index contributed by atoms with van der Waals surface area (Å²) in [7, 11) is 0. The summed E-state index contributed by atoms with van der Waals surface area (Å²) < 4.78 is 11.3. The molecule has 3 aromatic rings. The second-order valence-electron chi connectivity index (χ2n) is 9.11. The van der Waals surface area contributed by atoms with E-state index >= 15 is 0 Å². The van der Waals surface area contributed by atoms with Crippen LogP contribution in [-0.2, 0) is 4.74 Å². The summed E-state index contributed by atoms with van der Waals surface area (Å²) in [5.74, 6) is 1.77. The molecule has 0 aliphatic carbocycles. The number of morpholine rings is 1. The Bertz CT molecular complexity index is 1220. The summed E-state index contributed by atoms with van der Waals surface area (Å²) in [6.45, 7) is 10.8. The molecule has 2 saturated heterocycles. The van der Waals surface area contributed by atoms with Crippen molar-refractivity contribution in [2.75, 3.05) is 75.0 Å². The van der Waals surface area contributed by atoms with Crippen LogP contribution < -0.4 is 20.7 Å². The quantitative estimate of drug-likeness (QED) is 0.513. The van der Waals surface area contributed by atoms with Crippen LogP contribution in [0.3, 0.4) is 0 Å². The van der Waals surface area contributed by atoms with Gasteiger partial charge in [0.2, 0.25) is 5.95 Å². The Balaban J connectivity index is 1.16. The van der Waals surface area contributed by atoms with Gasteiger partial charge in [0, 0.05) is 51.0 Å². The number of amides is 2. The number of hydrogen-bond acceptors (Lipinski definition) is 10. The number of fused-ring (bicyclic) bond motifs is 1. The van der Waals surface area contributed by atoms with Crippen LogP contribution in [0.2, 0.25) is 0 Å². The van der Waals surface area contributed by atoms with E-state index in [-0.39, 0.29) is 18.0 Å². The van der Waals surface area contributed by atoms with Gasteiger partial charge in [0.25, 0.3) is 0 Å². The van der Waals surface area contributed by atoms with E-state index in [4.69, 9.17) is 15.2 Å². The van der Waals surface area contributed by atoms with Crippen LogP contribution in [0.4, 0.5) is 22.2 Å². The first-order valence-corrected chi connectivity index (χ1v) is 13.1. The molecule has 0 spiro atoms. The van der Waals surface area contributed by atoms with Gasteiger partial charge < -0.3 is 30.3 Å². The number of nitrogens with one attached hydrogen (secondary N) is 1. The summed E-state index contributed by atoms with van der Waals surface area (Å²) in [6.07, 6.45) is 0. The van der Waals surface area contributed by atoms with Crippen molar-refractivity contribution in [3.8, 4) is 5.75 Å². The molecule has 0 unspecified atom stereocenters. The maximum Gasteiger partial charge on any atom is 0.321 e. The highest BCUT2D eigenvalue weighted by Crippen LogP contribution is 2.29. The first-order valence-electron chi connectivity index (χ1n) is 12.2. The molecule has 3 N–H and O–H groups in total. The van der Waals surface area contributed by atoms with Crippen LogP contribution in [0.1, 0.15) is 12.5 Å². The number of piperazine rings is 1. The number of ether oxygens (including phenoxy) is 2. The average molecular weight is 513 g/mol. The number of nitrogen functional groups attached to an aromatic ring is 1. The Morgan fingerprint density at radius 1 is 1.25 bits per heavy atom. The number of carbonyl (C=O) groups is 1. The minimum atomic E-state index is -0.119. The summed E-state index contributed by atoms with van der Waals surface area (Å²) in [6, 6.07) is 5.70. The van der Waals surface area contributed by atoms with Crippen molar-refractivity contribution in [2.24, 2.45) is 0 Å². The lowest BCUT2D eigenvalue weighted by molar-refractivity contribution is 0.0322. The molecule has 1 aromatic carbocycles. The van der Waals surface area contributed by atoms with E-state index in [9.17, 15) is 4.79 Å². The Morgan fingerprint density at radius 3 is 2.86 bits per heavy atom. The van der Waals surface area contributed by atoms with E-state index in [0.717, 1.165) is 66.0 Å². The van der Waals surface area contributed by atoms with E-state index < -0.39 is 0 Å². The number of carbonyl (C=O) groups excluding carboxylic acids is 1. The smallest absolute Gasteiger partial charge is 0.321 e. The molecule has 2 amide bonds. The molecule has 12 heteroatoms. The predicted molar refractivity (Wildman–Crippen MR) is 141 cm³/mol. The molecule has 0 radical (unpaired) electrons. The minimum Gasteiger partial charge on any atom is -0.492 e. The lowest BCUT2D eigenvalue weighted by Gasteiger charge is -2.40. The van der Waals surface area contributed by atoms with Crippen molar-refractivity contribution in [1.82, 2.24) is 24.8 Å². The molecule has 11 nitrogen and oxygen atoms in total. The standard InChI is InChI=1S/C24H32N8O3S/c1-16-13-18(35-12-9-30-7-10-34-11-8-30)3-4-19(16)27-24(33)31-5-6-32(17(2)14-31)21-20-22(36-15-26-20)29-23(25)28-21/h3-4,13,15,17H,5-12,14H2,1-2H3,(H,27,33)(H2,25,28,29)/t17-/m0/s1. The van der Waals surface area contributed by atoms with Crippen molar-refractivity contribution in [3.63, 3.8) is 0 Å². The fraction of sp³-hybridized carbons (Fsp3) is 0.500. The first-order chi connectivity index (χ1) is 17.5. The first kappa shape index (κ1) is 24.5. The second-order valence-corrected chi connectivity index (χ2v) is 9.94. The molecule has 192 valence electrons. The fourth-order valence-corrected chi connectivity index (χ4v) is 5.26. The fourth-order valence-electron chi connectivity index (χ4n) is 4.60. The van der Waals surface area contributed by atoms with Gasteiger partial charge in [-0.05, 0) is 37.6 Å². The van der Waals surface area contributed by atoms with Crippen LogP contribution in [0, 0.1) is 6.92 Å². The van der Waals surface area contributed by atoms with E-state index in [1.807, 2.05) is 30.0 Å². The van der Waals surface area contributed by atoms with E-state index in [2.05, 4.69) is 37.0 Å². The van der Waals surface area contributed by atoms with Crippen LogP contribution in [0.25, 0.3) is 10.3 Å². The highest BCUT2D eigenvalue weighted by Gasteiger charge is 2.30. The summed E-state index contributed by atoms with van der Waals surface area (Å²) in [5, 5.41) is 3.06. The number of hydrogen-bond donors (Lipinski definition) is 2. The van der Waals surface area contributed by atoms with Gasteiger partial charge in [0.1, 0.15) is 17.9 Å². The van der Waals surface area contributed by atoms with E-state index in [0.29, 0.717) is 26.2 Å². The molecule has 1 atom stereocenters. The van der Waals surface area contributed by atoms with Gasteiger partial charge in [0.05, 0.1) is 18.7 Å². The molecule has 4 heterocycles. The molecule has 5 rings (SSSR count). The minimum absolute atomic E-state index is 0.0482. The molecular formula is C24H32N8O3S. The second kappa shape index (κ2) is 10.8. The molecule has 2 aliphatic heterocycles. The van der Waals surface area contributed by atoms with Crippen molar-refractivity contribution in [2.45, 2.75) is 19.9 Å². The third-order valence-electron chi connectivity index (χ3n) is 6.60. The zero-order valence-corrected chi connectivity index (χ0v) is 21.5. The maximum atomic E-state index is 13.1. The lowest BCUT2D eigenvalue weighted by atomic mass is 10.1. The molecule has 2 aromatic heterocycles.